The van der Waals surface area contributed by atoms with Crippen LogP contribution >= 0.6 is 11.6 Å². The van der Waals surface area contributed by atoms with E-state index in [1.807, 2.05) is 41.9 Å². The number of hydrogen-bond donors (Lipinski definition) is 1. The fraction of sp³-hybridized carbons (Fsp3) is 0.417. The second-order valence-corrected chi connectivity index (χ2v) is 10.1. The molecule has 12 nitrogen and oxygen atoms in total. The van der Waals surface area contributed by atoms with E-state index in [0.717, 1.165) is 17.9 Å². The number of pyridine rings is 1. The van der Waals surface area contributed by atoms with Gasteiger partial charge >= 0.3 is 0 Å². The largest absolute Gasteiger partial charge is 0.494 e. The van der Waals surface area contributed by atoms with Crippen LogP contribution in [0.4, 0.5) is 34.6 Å². The van der Waals surface area contributed by atoms with Gasteiger partial charge in [-0.25, -0.2) is 15.0 Å². The lowest BCUT2D eigenvalue weighted by Gasteiger charge is -2.23. The highest BCUT2D eigenvalue weighted by atomic mass is 35.5. The third-order valence-corrected chi connectivity index (χ3v) is 6.37. The minimum atomic E-state index is -0.410. The van der Waals surface area contributed by atoms with Gasteiger partial charge in [-0.2, -0.15) is 4.98 Å². The van der Waals surface area contributed by atoms with Gasteiger partial charge in [-0.1, -0.05) is 25.4 Å². The van der Waals surface area contributed by atoms with E-state index in [-0.39, 0.29) is 17.1 Å². The van der Waals surface area contributed by atoms with E-state index < -0.39 is 4.92 Å². The maximum absolute atomic E-state index is 11.9. The number of rotatable bonds is 9. The summed E-state index contributed by atoms with van der Waals surface area (Å²) in [7, 11) is 7.22. The molecule has 0 radical (unpaired) electrons. The molecule has 3 heterocycles. The maximum atomic E-state index is 11.9. The highest BCUT2D eigenvalue weighted by Gasteiger charge is 2.38. The first-order valence-corrected chi connectivity index (χ1v) is 12.0. The summed E-state index contributed by atoms with van der Waals surface area (Å²) in [5.74, 6) is 1.06. The van der Waals surface area contributed by atoms with Gasteiger partial charge in [0.25, 0.3) is 5.69 Å². The Hall–Kier alpha value is -3.77. The number of halogens is 1. The third kappa shape index (κ3) is 5.49. The zero-order valence-electron chi connectivity index (χ0n) is 21.7. The third-order valence-electron chi connectivity index (χ3n) is 6.16. The van der Waals surface area contributed by atoms with Crippen molar-refractivity contribution >= 4 is 46.2 Å². The summed E-state index contributed by atoms with van der Waals surface area (Å²) in [5.41, 5.74) is 2.22. The second-order valence-electron chi connectivity index (χ2n) is 9.73. The van der Waals surface area contributed by atoms with E-state index >= 15 is 0 Å². The summed E-state index contributed by atoms with van der Waals surface area (Å²) < 4.78 is 5.56. The summed E-state index contributed by atoms with van der Waals surface area (Å²) in [4.78, 5) is 35.0. The van der Waals surface area contributed by atoms with Gasteiger partial charge < -0.3 is 24.8 Å². The smallest absolute Gasteiger partial charge is 0.294 e. The van der Waals surface area contributed by atoms with Crippen molar-refractivity contribution in [2.75, 3.05) is 63.0 Å². The molecule has 1 aliphatic rings. The van der Waals surface area contributed by atoms with Crippen molar-refractivity contribution in [3.63, 3.8) is 0 Å². The number of anilines is 5. The minimum Gasteiger partial charge on any atom is -0.494 e. The number of ether oxygens (including phenoxy) is 1. The number of methoxy groups -OCH3 is 1. The standard InChI is InChI=1S/C24H30ClN9O3/c1-24(2)13-33(16-7-8-20(25)29-21(16)24)23-27-14-26-22(30-23)28-15-11-18(34(35)36)17(12-19(15)37-6)32(5)10-9-31(3)4/h7-8,11-12,14H,9-10,13H2,1-6H3,(H,26,27,28,30). The van der Waals surface area contributed by atoms with Crippen LogP contribution in [0, 0.1) is 10.1 Å². The molecule has 0 saturated carbocycles. The molecule has 0 unspecified atom stereocenters. The number of benzene rings is 1. The Kier molecular flexibility index (Phi) is 7.32. The number of hydrogen-bond acceptors (Lipinski definition) is 11. The molecule has 0 saturated heterocycles. The van der Waals surface area contributed by atoms with Gasteiger partial charge in [0.2, 0.25) is 11.9 Å². The highest BCUT2D eigenvalue weighted by molar-refractivity contribution is 6.29. The van der Waals surface area contributed by atoms with Gasteiger partial charge in [0, 0.05) is 44.2 Å². The molecule has 196 valence electrons. The van der Waals surface area contributed by atoms with Gasteiger partial charge in [-0.05, 0) is 26.2 Å². The normalized spacial score (nSPS) is 14.0. The average Bonchev–Trinajstić information content (AvgIpc) is 3.12. The summed E-state index contributed by atoms with van der Waals surface area (Å²) in [6.07, 6.45) is 1.39. The summed E-state index contributed by atoms with van der Waals surface area (Å²) in [5, 5.41) is 15.4. The Morgan fingerprint density at radius 2 is 1.95 bits per heavy atom. The first-order valence-electron chi connectivity index (χ1n) is 11.6. The predicted octanol–water partition coefficient (Wildman–Crippen LogP) is 4.01. The van der Waals surface area contributed by atoms with Gasteiger partial charge in [-0.3, -0.25) is 10.1 Å². The first kappa shape index (κ1) is 26.3. The summed E-state index contributed by atoms with van der Waals surface area (Å²) >= 11 is 6.14. The number of nitro groups is 1. The number of likely N-dealkylation sites (N-methyl/N-ethyl adjacent to an activating group) is 2. The second kappa shape index (κ2) is 10.3. The molecule has 37 heavy (non-hydrogen) atoms. The van der Waals surface area contributed by atoms with Crippen LogP contribution in [-0.2, 0) is 5.41 Å². The van der Waals surface area contributed by atoms with Crippen LogP contribution in [-0.4, -0.2) is 77.6 Å². The maximum Gasteiger partial charge on any atom is 0.294 e. The Labute approximate surface area is 220 Å². The number of aromatic nitrogens is 4. The predicted molar refractivity (Wildman–Crippen MR) is 144 cm³/mol. The molecule has 13 heteroatoms. The number of nitrogens with one attached hydrogen (secondary N) is 1. The zero-order chi connectivity index (χ0) is 26.9. The number of nitrogens with zero attached hydrogens (tertiary/aromatic N) is 8. The molecule has 2 aromatic heterocycles. The quantitative estimate of drug-likeness (QED) is 0.246. The fourth-order valence-corrected chi connectivity index (χ4v) is 4.37. The molecule has 0 fully saturated rings. The molecule has 1 aromatic carbocycles. The lowest BCUT2D eigenvalue weighted by molar-refractivity contribution is -0.384. The van der Waals surface area contributed by atoms with E-state index in [4.69, 9.17) is 16.3 Å². The van der Waals surface area contributed by atoms with Crippen molar-refractivity contribution in [1.29, 1.82) is 0 Å². The number of nitro benzene ring substituents is 1. The van der Waals surface area contributed by atoms with E-state index in [1.54, 1.807) is 12.1 Å². The summed E-state index contributed by atoms with van der Waals surface area (Å²) in [6.45, 7) is 6.10. The molecule has 0 bridgehead atoms. The Balaban J connectivity index is 1.66. The number of fused-ring (bicyclic) bond motifs is 1. The van der Waals surface area contributed by atoms with Gasteiger partial charge in [0.1, 0.15) is 22.9 Å². The molecular formula is C24H30ClN9O3. The molecule has 1 N–H and O–H groups in total. The van der Waals surface area contributed by atoms with Crippen molar-refractivity contribution in [3.8, 4) is 5.75 Å². The Bertz CT molecular complexity index is 1320. The molecular weight excluding hydrogens is 498 g/mol. The van der Waals surface area contributed by atoms with Crippen LogP contribution < -0.4 is 19.9 Å². The van der Waals surface area contributed by atoms with Crippen molar-refractivity contribution in [1.82, 2.24) is 24.8 Å². The van der Waals surface area contributed by atoms with E-state index in [0.29, 0.717) is 41.3 Å². The van der Waals surface area contributed by atoms with Crippen LogP contribution in [0.3, 0.4) is 0 Å². The van der Waals surface area contributed by atoms with E-state index in [2.05, 4.69) is 39.1 Å². The van der Waals surface area contributed by atoms with E-state index in [9.17, 15) is 10.1 Å². The summed E-state index contributed by atoms with van der Waals surface area (Å²) in [6, 6.07) is 6.71. The van der Waals surface area contributed by atoms with Crippen LogP contribution in [0.1, 0.15) is 19.5 Å². The molecule has 0 amide bonds. The lowest BCUT2D eigenvalue weighted by atomic mass is 9.91. The lowest BCUT2D eigenvalue weighted by Crippen LogP contribution is -2.29. The monoisotopic (exact) mass is 527 g/mol. The van der Waals surface area contributed by atoms with Crippen molar-refractivity contribution in [2.45, 2.75) is 19.3 Å². The Morgan fingerprint density at radius 3 is 2.62 bits per heavy atom. The zero-order valence-corrected chi connectivity index (χ0v) is 22.4. The molecule has 0 spiro atoms. The van der Waals surface area contributed by atoms with Crippen LogP contribution in [0.5, 0.6) is 5.75 Å². The molecule has 0 atom stereocenters. The topological polar surface area (TPSA) is 126 Å². The van der Waals surface area contributed by atoms with Crippen molar-refractivity contribution < 1.29 is 9.66 Å². The molecule has 4 rings (SSSR count). The van der Waals surface area contributed by atoms with Gasteiger partial charge in [0.05, 0.1) is 29.1 Å². The fourth-order valence-electron chi connectivity index (χ4n) is 4.22. The molecule has 0 aliphatic carbocycles. The first-order chi connectivity index (χ1) is 17.5. The van der Waals surface area contributed by atoms with E-state index in [1.165, 1.54) is 19.5 Å². The van der Waals surface area contributed by atoms with Crippen LogP contribution in [0.15, 0.2) is 30.6 Å². The molecule has 1 aliphatic heterocycles. The van der Waals surface area contributed by atoms with Crippen molar-refractivity contribution in [3.05, 3.63) is 51.6 Å². The van der Waals surface area contributed by atoms with Crippen LogP contribution in [0.2, 0.25) is 5.15 Å². The molecule has 3 aromatic rings. The minimum absolute atomic E-state index is 0.0583. The van der Waals surface area contributed by atoms with Crippen molar-refractivity contribution in [2.24, 2.45) is 0 Å². The van der Waals surface area contributed by atoms with Gasteiger partial charge in [0.15, 0.2) is 0 Å². The Morgan fingerprint density at radius 1 is 1.19 bits per heavy atom. The average molecular weight is 528 g/mol. The van der Waals surface area contributed by atoms with Gasteiger partial charge in [-0.15, -0.1) is 0 Å². The SMILES string of the molecule is COc1cc(N(C)CCN(C)C)c([N+](=O)[O-])cc1Nc1ncnc(N2CC(C)(C)c3nc(Cl)ccc32)n1. The highest BCUT2D eigenvalue weighted by Crippen LogP contribution is 2.43. The van der Waals surface area contributed by atoms with Crippen LogP contribution in [0.25, 0.3) is 0 Å².